The van der Waals surface area contributed by atoms with E-state index in [9.17, 15) is 14.4 Å². The zero-order chi connectivity index (χ0) is 24.4. The van der Waals surface area contributed by atoms with Crippen molar-refractivity contribution in [2.45, 2.75) is 51.2 Å². The van der Waals surface area contributed by atoms with Gasteiger partial charge >= 0.3 is 0 Å². The number of amides is 2. The van der Waals surface area contributed by atoms with Crippen LogP contribution in [-0.4, -0.2) is 74.2 Å². The number of ether oxygens (including phenoxy) is 2. The maximum absolute atomic E-state index is 13.1. The minimum atomic E-state index is -1.04. The maximum Gasteiger partial charge on any atom is 0.247 e. The Balaban J connectivity index is 2.15. The van der Waals surface area contributed by atoms with Gasteiger partial charge in [-0.05, 0) is 31.7 Å². The first-order valence-corrected chi connectivity index (χ1v) is 10.9. The van der Waals surface area contributed by atoms with Crippen molar-refractivity contribution in [1.82, 2.24) is 16.1 Å². The van der Waals surface area contributed by atoms with Crippen LogP contribution >= 0.6 is 0 Å². The van der Waals surface area contributed by atoms with Crippen molar-refractivity contribution in [1.29, 1.82) is 0 Å². The summed E-state index contributed by atoms with van der Waals surface area (Å²) in [6.07, 6.45) is 1.94. The highest BCUT2D eigenvalue weighted by Gasteiger charge is 2.48. The average Bonchev–Trinajstić information content (AvgIpc) is 3.56. The Morgan fingerprint density at radius 2 is 1.64 bits per heavy atom. The Morgan fingerprint density at radius 3 is 2.18 bits per heavy atom. The molecule has 3 atom stereocenters. The third-order valence-electron chi connectivity index (χ3n) is 5.62. The summed E-state index contributed by atoms with van der Waals surface area (Å²) in [4.78, 5) is 43.0. The molecule has 1 unspecified atom stereocenters. The van der Waals surface area contributed by atoms with E-state index in [4.69, 9.17) is 14.7 Å². The zero-order valence-electron chi connectivity index (χ0n) is 19.6. The van der Waals surface area contributed by atoms with Crippen LogP contribution in [0.5, 0.6) is 0 Å². The van der Waals surface area contributed by atoms with Crippen LogP contribution in [-0.2, 0) is 30.3 Å². The molecule has 0 aromatic heterocycles. The number of hydrogen-bond donors (Lipinski definition) is 4. The molecule has 182 valence electrons. The Hall–Kier alpha value is -2.82. The lowest BCUT2D eigenvalue weighted by Gasteiger charge is -2.25. The molecule has 10 heteroatoms. The number of rotatable bonds is 13. The van der Waals surface area contributed by atoms with Crippen LogP contribution in [0, 0.1) is 5.41 Å². The summed E-state index contributed by atoms with van der Waals surface area (Å²) in [6.45, 7) is 3.23. The molecule has 1 aromatic carbocycles. The van der Waals surface area contributed by atoms with Gasteiger partial charge in [-0.15, -0.1) is 0 Å². The first kappa shape index (κ1) is 26.4. The van der Waals surface area contributed by atoms with Gasteiger partial charge in [0.05, 0.1) is 19.3 Å². The molecule has 0 aliphatic heterocycles. The number of nitrogens with one attached hydrogen (secondary N) is 3. The molecule has 0 heterocycles. The van der Waals surface area contributed by atoms with Gasteiger partial charge in [-0.1, -0.05) is 37.3 Å². The monoisotopic (exact) mass is 462 g/mol. The topological polar surface area (TPSA) is 138 Å². The first-order chi connectivity index (χ1) is 15.7. The van der Waals surface area contributed by atoms with Crippen molar-refractivity contribution in [3.63, 3.8) is 0 Å². The number of Topliss-reactive ketones (excluding diaryl/α,β-unsaturated/α-hetero) is 1. The Labute approximate surface area is 194 Å². The van der Waals surface area contributed by atoms with Crippen molar-refractivity contribution in [3.05, 3.63) is 35.9 Å². The number of amidine groups is 1. The lowest BCUT2D eigenvalue weighted by Crippen LogP contribution is -2.56. The number of hydroxylamine groups is 1. The molecule has 1 aliphatic rings. The van der Waals surface area contributed by atoms with Gasteiger partial charge < -0.3 is 20.1 Å². The molecule has 10 nitrogen and oxygen atoms in total. The van der Waals surface area contributed by atoms with Crippen molar-refractivity contribution < 1.29 is 29.1 Å². The van der Waals surface area contributed by atoms with Gasteiger partial charge in [0.2, 0.25) is 11.8 Å². The van der Waals surface area contributed by atoms with Crippen LogP contribution in [0.3, 0.4) is 0 Å². The van der Waals surface area contributed by atoms with Crippen molar-refractivity contribution in [2.24, 2.45) is 10.4 Å². The molecule has 2 amide bonds. The summed E-state index contributed by atoms with van der Waals surface area (Å²) in [7, 11) is 2.82. The summed E-state index contributed by atoms with van der Waals surface area (Å²) < 4.78 is 10.2. The summed E-state index contributed by atoms with van der Waals surface area (Å²) in [5, 5.41) is 14.4. The molecule has 1 fully saturated rings. The summed E-state index contributed by atoms with van der Waals surface area (Å²) in [5.41, 5.74) is 2.36. The largest absolute Gasteiger partial charge is 0.382 e. The van der Waals surface area contributed by atoms with Gasteiger partial charge in [-0.3, -0.25) is 30.1 Å². The van der Waals surface area contributed by atoms with Gasteiger partial charge in [0.15, 0.2) is 11.8 Å². The fraction of sp³-hybridized carbons (Fsp3) is 0.565. The lowest BCUT2D eigenvalue weighted by atomic mass is 9.92. The second-order valence-corrected chi connectivity index (χ2v) is 8.49. The van der Waals surface area contributed by atoms with Crippen LogP contribution < -0.4 is 16.1 Å². The first-order valence-electron chi connectivity index (χ1n) is 10.9. The smallest absolute Gasteiger partial charge is 0.247 e. The second-order valence-electron chi connectivity index (χ2n) is 8.49. The zero-order valence-corrected chi connectivity index (χ0v) is 19.6. The van der Waals surface area contributed by atoms with Crippen molar-refractivity contribution in [3.8, 4) is 0 Å². The fourth-order valence-corrected chi connectivity index (χ4v) is 3.40. The van der Waals surface area contributed by atoms with E-state index in [1.54, 1.807) is 0 Å². The molecule has 4 N–H and O–H groups in total. The Bertz CT molecular complexity index is 841. The average molecular weight is 463 g/mol. The third-order valence-corrected chi connectivity index (χ3v) is 5.62. The molecular formula is C23H34N4O6. The molecule has 1 saturated carbocycles. The van der Waals surface area contributed by atoms with Crippen LogP contribution in [0.1, 0.15) is 32.3 Å². The number of aliphatic imine (C=N–C) groups is 1. The molecular weight excluding hydrogens is 428 g/mol. The standard InChI is InChI=1S/C23H34N4O6/c1-15(27-31)24-18(13-32-3)21(29)26-19(14-33-4)22(30)25-17(20(28)23(2)10-11-23)12-16-8-6-5-7-9-16/h5-9,17-19,31H,10-14H2,1-4H3,(H,24,27)(H,25,30)(H,26,29)/t17-,18?,19-/m0/s1. The van der Waals surface area contributed by atoms with E-state index in [1.165, 1.54) is 21.1 Å². The predicted molar refractivity (Wildman–Crippen MR) is 122 cm³/mol. The van der Waals surface area contributed by atoms with Gasteiger partial charge in [0.1, 0.15) is 11.9 Å². The SMILES string of the molecule is COCC(N=C(C)NO)C(=O)N[C@@H](COC)C(=O)N[C@@H](Cc1ccccc1)C(=O)C1(C)CC1. The molecule has 33 heavy (non-hydrogen) atoms. The highest BCUT2D eigenvalue weighted by Crippen LogP contribution is 2.46. The van der Waals surface area contributed by atoms with E-state index in [0.717, 1.165) is 18.4 Å². The minimum absolute atomic E-state index is 0.0197. The van der Waals surface area contributed by atoms with Gasteiger partial charge in [-0.2, -0.15) is 0 Å². The highest BCUT2D eigenvalue weighted by molar-refractivity contribution is 5.97. The normalized spacial score (nSPS) is 17.4. The third kappa shape index (κ3) is 7.92. The molecule has 0 spiro atoms. The van der Waals surface area contributed by atoms with E-state index in [0.29, 0.717) is 6.42 Å². The highest BCUT2D eigenvalue weighted by atomic mass is 16.5. The number of methoxy groups -OCH3 is 2. The minimum Gasteiger partial charge on any atom is -0.382 e. The predicted octanol–water partition coefficient (Wildman–Crippen LogP) is 0.627. The molecule has 1 aromatic rings. The fourth-order valence-electron chi connectivity index (χ4n) is 3.40. The van der Waals surface area contributed by atoms with E-state index in [2.05, 4.69) is 15.6 Å². The van der Waals surface area contributed by atoms with Crippen LogP contribution in [0.15, 0.2) is 35.3 Å². The molecule has 0 saturated heterocycles. The quantitative estimate of drug-likeness (QED) is 0.192. The Kier molecular flexibility index (Phi) is 9.95. The number of carbonyl (C=O) groups excluding carboxylic acids is 3. The lowest BCUT2D eigenvalue weighted by molar-refractivity contribution is -0.134. The van der Waals surface area contributed by atoms with E-state index in [1.807, 2.05) is 42.7 Å². The number of carbonyl (C=O) groups is 3. The van der Waals surface area contributed by atoms with Gasteiger partial charge in [-0.25, -0.2) is 0 Å². The van der Waals surface area contributed by atoms with Crippen molar-refractivity contribution >= 4 is 23.4 Å². The molecule has 2 rings (SSSR count). The van der Waals surface area contributed by atoms with E-state index in [-0.39, 0.29) is 24.8 Å². The number of nitrogens with zero attached hydrogens (tertiary/aromatic N) is 1. The van der Waals surface area contributed by atoms with Gasteiger partial charge in [0.25, 0.3) is 0 Å². The van der Waals surface area contributed by atoms with Crippen LogP contribution in [0.4, 0.5) is 0 Å². The van der Waals surface area contributed by atoms with Crippen molar-refractivity contribution in [2.75, 3.05) is 27.4 Å². The summed E-state index contributed by atoms with van der Waals surface area (Å²) in [6, 6.07) is 6.69. The van der Waals surface area contributed by atoms with Crippen LogP contribution in [0.25, 0.3) is 0 Å². The van der Waals surface area contributed by atoms with Gasteiger partial charge in [0, 0.05) is 19.6 Å². The second kappa shape index (κ2) is 12.4. The molecule has 0 radical (unpaired) electrons. The van der Waals surface area contributed by atoms with E-state index >= 15 is 0 Å². The van der Waals surface area contributed by atoms with E-state index < -0.39 is 35.4 Å². The van der Waals surface area contributed by atoms with Crippen LogP contribution in [0.2, 0.25) is 0 Å². The number of hydrogen-bond acceptors (Lipinski definition) is 7. The molecule has 1 aliphatic carbocycles. The number of benzene rings is 1. The summed E-state index contributed by atoms with van der Waals surface area (Å²) in [5.74, 6) is -1.01. The summed E-state index contributed by atoms with van der Waals surface area (Å²) >= 11 is 0. The maximum atomic E-state index is 13.1. The Morgan fingerprint density at radius 1 is 1.03 bits per heavy atom. The molecule has 0 bridgehead atoms. The number of ketones is 1.